The van der Waals surface area contributed by atoms with Gasteiger partial charge in [-0.15, -0.1) is 11.3 Å². The fourth-order valence-corrected chi connectivity index (χ4v) is 4.32. The fourth-order valence-electron chi connectivity index (χ4n) is 3.44. The van der Waals surface area contributed by atoms with Crippen molar-refractivity contribution in [1.29, 1.82) is 0 Å². The van der Waals surface area contributed by atoms with Crippen molar-refractivity contribution in [3.05, 3.63) is 33.4 Å². The Morgan fingerprint density at radius 3 is 2.96 bits per heavy atom. The molecule has 1 aliphatic rings. The molecule has 4 heterocycles. The molecule has 130 valence electrons. The number of fused-ring (bicyclic) bond motifs is 1. The zero-order chi connectivity index (χ0) is 17.6. The van der Waals surface area contributed by atoms with Crippen LogP contribution in [0.5, 0.6) is 0 Å². The molecule has 0 spiro atoms. The van der Waals surface area contributed by atoms with Crippen molar-refractivity contribution in [2.24, 2.45) is 0 Å². The summed E-state index contributed by atoms with van der Waals surface area (Å²) >= 11 is 1.47. The standard InChI is InChI=1S/C17H20N6OS/c1-9-14(25-10(2)19-9)17(24)23-7-3-4-11(8-23)13-6-5-12-15(18)21-22-16(12)20-13/h5-6,11H,3-4,7-8H2,1-2H3,(H3,18,20,21,22)/t11-/m1/s1. The molecule has 8 heteroatoms. The Balaban J connectivity index is 1.57. The van der Waals surface area contributed by atoms with E-state index in [2.05, 4.69) is 20.2 Å². The van der Waals surface area contributed by atoms with Gasteiger partial charge in [-0.05, 0) is 38.8 Å². The molecule has 0 bridgehead atoms. The highest BCUT2D eigenvalue weighted by molar-refractivity contribution is 7.13. The molecule has 4 rings (SSSR count). The number of nitrogens with two attached hydrogens (primary N) is 1. The van der Waals surface area contributed by atoms with E-state index < -0.39 is 0 Å². The molecule has 7 nitrogen and oxygen atoms in total. The number of carbonyl (C=O) groups is 1. The number of nitrogens with one attached hydrogen (secondary N) is 1. The van der Waals surface area contributed by atoms with Crippen LogP contribution in [0.2, 0.25) is 0 Å². The van der Waals surface area contributed by atoms with Gasteiger partial charge in [0.15, 0.2) is 5.65 Å². The predicted molar refractivity (Wildman–Crippen MR) is 97.8 cm³/mol. The number of pyridine rings is 1. The third-order valence-electron chi connectivity index (χ3n) is 4.69. The maximum absolute atomic E-state index is 12.9. The van der Waals surface area contributed by atoms with E-state index in [1.165, 1.54) is 11.3 Å². The van der Waals surface area contributed by atoms with Gasteiger partial charge in [0.05, 0.1) is 16.1 Å². The molecule has 1 aliphatic heterocycles. The van der Waals surface area contributed by atoms with Gasteiger partial charge in [-0.25, -0.2) is 9.97 Å². The lowest BCUT2D eigenvalue weighted by atomic mass is 9.94. The molecule has 1 atom stereocenters. The first-order valence-corrected chi connectivity index (χ1v) is 9.18. The van der Waals surface area contributed by atoms with Crippen LogP contribution in [0.3, 0.4) is 0 Å². The van der Waals surface area contributed by atoms with Crippen molar-refractivity contribution in [2.45, 2.75) is 32.6 Å². The highest BCUT2D eigenvalue weighted by Crippen LogP contribution is 2.29. The predicted octanol–water partition coefficient (Wildman–Crippen LogP) is 2.63. The van der Waals surface area contributed by atoms with E-state index in [0.717, 1.165) is 46.0 Å². The fraction of sp³-hybridized carbons (Fsp3) is 0.412. The van der Waals surface area contributed by atoms with Crippen LogP contribution in [0.1, 0.15) is 44.8 Å². The lowest BCUT2D eigenvalue weighted by molar-refractivity contribution is 0.0710. The number of thiazole rings is 1. The molecule has 1 saturated heterocycles. The van der Waals surface area contributed by atoms with Crippen LogP contribution in [0.15, 0.2) is 12.1 Å². The smallest absolute Gasteiger partial charge is 0.265 e. The zero-order valence-electron chi connectivity index (χ0n) is 14.2. The topological polar surface area (TPSA) is 101 Å². The lowest BCUT2D eigenvalue weighted by Gasteiger charge is -2.32. The highest BCUT2D eigenvalue weighted by Gasteiger charge is 2.28. The van der Waals surface area contributed by atoms with E-state index in [4.69, 9.17) is 5.73 Å². The Hall–Kier alpha value is -2.48. The number of aromatic amines is 1. The van der Waals surface area contributed by atoms with Crippen molar-refractivity contribution in [3.63, 3.8) is 0 Å². The average Bonchev–Trinajstić information content (AvgIpc) is 3.16. The van der Waals surface area contributed by atoms with E-state index in [1.54, 1.807) is 0 Å². The number of anilines is 1. The molecular weight excluding hydrogens is 336 g/mol. The minimum Gasteiger partial charge on any atom is -0.384 e. The summed E-state index contributed by atoms with van der Waals surface area (Å²) < 4.78 is 0. The number of piperidine rings is 1. The van der Waals surface area contributed by atoms with Crippen LogP contribution in [-0.2, 0) is 0 Å². The number of nitrogen functional groups attached to an aromatic ring is 1. The summed E-state index contributed by atoms with van der Waals surface area (Å²) in [5.74, 6) is 0.831. The zero-order valence-corrected chi connectivity index (χ0v) is 15.1. The number of rotatable bonds is 2. The Bertz CT molecular complexity index is 946. The molecule has 0 aromatic carbocycles. The van der Waals surface area contributed by atoms with Crippen molar-refractivity contribution in [2.75, 3.05) is 18.8 Å². The molecule has 0 aliphatic carbocycles. The quantitative estimate of drug-likeness (QED) is 0.735. The van der Waals surface area contributed by atoms with Gasteiger partial charge >= 0.3 is 0 Å². The molecule has 0 saturated carbocycles. The molecular formula is C17H20N6OS. The molecule has 25 heavy (non-hydrogen) atoms. The SMILES string of the molecule is Cc1nc(C)c(C(=O)N2CCC[C@@H](c3ccc4c(N)[nH]nc4n3)C2)s1. The van der Waals surface area contributed by atoms with Crippen LogP contribution in [0.4, 0.5) is 5.82 Å². The molecule has 1 amide bonds. The summed E-state index contributed by atoms with van der Waals surface area (Å²) in [6, 6.07) is 3.95. The normalized spacial score (nSPS) is 18.0. The number of amides is 1. The van der Waals surface area contributed by atoms with Crippen molar-refractivity contribution in [3.8, 4) is 0 Å². The molecule has 0 unspecified atom stereocenters. The summed E-state index contributed by atoms with van der Waals surface area (Å²) in [6.45, 7) is 5.29. The first kappa shape index (κ1) is 16.0. The number of nitrogens with zero attached hydrogens (tertiary/aromatic N) is 4. The van der Waals surface area contributed by atoms with Crippen molar-refractivity contribution in [1.82, 2.24) is 25.1 Å². The first-order chi connectivity index (χ1) is 12.0. The van der Waals surface area contributed by atoms with Crippen LogP contribution < -0.4 is 5.73 Å². The average molecular weight is 356 g/mol. The first-order valence-electron chi connectivity index (χ1n) is 8.36. The number of H-pyrrole nitrogens is 1. The lowest BCUT2D eigenvalue weighted by Crippen LogP contribution is -2.39. The van der Waals surface area contributed by atoms with Gasteiger partial charge in [-0.3, -0.25) is 9.89 Å². The summed E-state index contributed by atoms with van der Waals surface area (Å²) in [6.07, 6.45) is 1.98. The monoisotopic (exact) mass is 356 g/mol. The van der Waals surface area contributed by atoms with E-state index in [-0.39, 0.29) is 11.8 Å². The summed E-state index contributed by atoms with van der Waals surface area (Å²) in [5, 5.41) is 8.67. The number of aryl methyl sites for hydroxylation is 2. The Kier molecular flexibility index (Phi) is 3.91. The van der Waals surface area contributed by atoms with E-state index in [9.17, 15) is 4.79 Å². The Morgan fingerprint density at radius 1 is 1.36 bits per heavy atom. The van der Waals surface area contributed by atoms with Gasteiger partial charge in [-0.1, -0.05) is 0 Å². The van der Waals surface area contributed by atoms with Crippen LogP contribution in [0, 0.1) is 13.8 Å². The second kappa shape index (κ2) is 6.11. The number of hydrogen-bond donors (Lipinski definition) is 2. The minimum atomic E-state index is 0.0814. The van der Waals surface area contributed by atoms with Crippen molar-refractivity contribution >= 4 is 34.1 Å². The van der Waals surface area contributed by atoms with Crippen LogP contribution in [0.25, 0.3) is 11.0 Å². The van der Waals surface area contributed by atoms with Gasteiger partial charge in [0.1, 0.15) is 10.7 Å². The Morgan fingerprint density at radius 2 is 2.20 bits per heavy atom. The van der Waals surface area contributed by atoms with Gasteiger partial charge in [0.25, 0.3) is 5.91 Å². The molecule has 3 aromatic rings. The summed E-state index contributed by atoms with van der Waals surface area (Å²) in [4.78, 5) is 24.6. The summed E-state index contributed by atoms with van der Waals surface area (Å²) in [7, 11) is 0. The number of likely N-dealkylation sites (tertiary alicyclic amines) is 1. The number of aromatic nitrogens is 4. The number of hydrogen-bond acceptors (Lipinski definition) is 6. The maximum atomic E-state index is 12.9. The second-order valence-corrected chi connectivity index (χ2v) is 7.69. The largest absolute Gasteiger partial charge is 0.384 e. The van der Waals surface area contributed by atoms with E-state index >= 15 is 0 Å². The third-order valence-corrected chi connectivity index (χ3v) is 5.75. The van der Waals surface area contributed by atoms with Crippen LogP contribution >= 0.6 is 11.3 Å². The van der Waals surface area contributed by atoms with E-state index in [0.29, 0.717) is 18.0 Å². The van der Waals surface area contributed by atoms with Gasteiger partial charge in [0.2, 0.25) is 0 Å². The van der Waals surface area contributed by atoms with Crippen molar-refractivity contribution < 1.29 is 4.79 Å². The third kappa shape index (κ3) is 2.86. The van der Waals surface area contributed by atoms with Gasteiger partial charge in [-0.2, -0.15) is 5.10 Å². The maximum Gasteiger partial charge on any atom is 0.265 e. The second-order valence-electron chi connectivity index (χ2n) is 6.48. The molecule has 0 radical (unpaired) electrons. The molecule has 3 aromatic heterocycles. The van der Waals surface area contributed by atoms with Crippen LogP contribution in [-0.4, -0.2) is 44.1 Å². The summed E-state index contributed by atoms with van der Waals surface area (Å²) in [5.41, 5.74) is 8.25. The molecule has 3 N–H and O–H groups in total. The number of carbonyl (C=O) groups excluding carboxylic acids is 1. The minimum absolute atomic E-state index is 0.0814. The molecule has 1 fully saturated rings. The van der Waals surface area contributed by atoms with Gasteiger partial charge < -0.3 is 10.6 Å². The van der Waals surface area contributed by atoms with Gasteiger partial charge in [0, 0.05) is 24.7 Å². The highest BCUT2D eigenvalue weighted by atomic mass is 32.1. The van der Waals surface area contributed by atoms with E-state index in [1.807, 2.05) is 30.9 Å². The Labute approximate surface area is 149 Å².